The molecule has 2 aromatic rings. The Hall–Kier alpha value is -2.44. The number of nitrogens with one attached hydrogen (secondary N) is 3. The molecule has 2 rings (SSSR count). The van der Waals surface area contributed by atoms with Gasteiger partial charge in [0.2, 0.25) is 5.91 Å². The van der Waals surface area contributed by atoms with E-state index >= 15 is 0 Å². The van der Waals surface area contributed by atoms with Gasteiger partial charge in [0, 0.05) is 17.7 Å². The molecule has 0 aliphatic rings. The van der Waals surface area contributed by atoms with Crippen molar-refractivity contribution in [1.29, 1.82) is 0 Å². The molecule has 0 fully saturated rings. The topological polar surface area (TPSA) is 70.2 Å². The van der Waals surface area contributed by atoms with Crippen molar-refractivity contribution < 1.29 is 9.59 Å². The molecule has 0 aliphatic heterocycles. The van der Waals surface area contributed by atoms with Gasteiger partial charge in [-0.1, -0.05) is 35.7 Å². The number of carbonyl (C=O) groups is 2. The quantitative estimate of drug-likeness (QED) is 0.626. The van der Waals surface area contributed by atoms with Gasteiger partial charge < -0.3 is 10.6 Å². The average Bonchev–Trinajstić information content (AvgIpc) is 2.57. The molecule has 0 unspecified atom stereocenters. The number of amides is 2. The van der Waals surface area contributed by atoms with Crippen LogP contribution < -0.4 is 16.0 Å². The molecule has 0 radical (unpaired) electrons. The highest BCUT2D eigenvalue weighted by atomic mass is 35.5. The van der Waals surface area contributed by atoms with E-state index in [1.54, 1.807) is 30.3 Å². The maximum Gasteiger partial charge on any atom is 0.257 e. The summed E-state index contributed by atoms with van der Waals surface area (Å²) in [5.74, 6) is -0.376. The highest BCUT2D eigenvalue weighted by Gasteiger charge is 2.11. The molecule has 0 spiro atoms. The first-order valence-electron chi connectivity index (χ1n) is 8.58. The number of aryl methyl sites for hydroxylation is 2. The molecule has 27 heavy (non-hydrogen) atoms. The van der Waals surface area contributed by atoms with Crippen molar-refractivity contribution in [2.24, 2.45) is 0 Å². The van der Waals surface area contributed by atoms with Crippen LogP contribution >= 0.6 is 23.8 Å². The Morgan fingerprint density at radius 1 is 1.04 bits per heavy atom. The fourth-order valence-electron chi connectivity index (χ4n) is 2.58. The van der Waals surface area contributed by atoms with Gasteiger partial charge in [0.05, 0.1) is 10.7 Å². The zero-order valence-corrected chi connectivity index (χ0v) is 17.1. The molecule has 142 valence electrons. The summed E-state index contributed by atoms with van der Waals surface area (Å²) >= 11 is 11.4. The molecule has 0 bridgehead atoms. The predicted octanol–water partition coefficient (Wildman–Crippen LogP) is 4.82. The van der Waals surface area contributed by atoms with Crippen LogP contribution in [0.4, 0.5) is 11.4 Å². The van der Waals surface area contributed by atoms with Crippen LogP contribution in [0.2, 0.25) is 5.02 Å². The van der Waals surface area contributed by atoms with Crippen molar-refractivity contribution in [2.75, 3.05) is 10.6 Å². The number of hydrogen-bond acceptors (Lipinski definition) is 3. The zero-order chi connectivity index (χ0) is 20.0. The predicted molar refractivity (Wildman–Crippen MR) is 115 cm³/mol. The minimum absolute atomic E-state index is 0.0727. The number of thiocarbonyl (C=S) groups is 1. The second-order valence-corrected chi connectivity index (χ2v) is 7.09. The van der Waals surface area contributed by atoms with E-state index in [0.717, 1.165) is 17.5 Å². The standard InChI is InChI=1S/C20H22ClN3O2S/c1-4-5-18(25)22-15-6-7-16(21)17(11-15)23-20(27)24-19(26)14-9-12(2)8-13(3)10-14/h6-11H,4-5H2,1-3H3,(H,22,25)(H2,23,24,26,27). The fraction of sp³-hybridized carbons (Fsp3) is 0.250. The van der Waals surface area contributed by atoms with Gasteiger partial charge in [0.15, 0.2) is 5.11 Å². The van der Waals surface area contributed by atoms with Crippen LogP contribution in [0.5, 0.6) is 0 Å². The molecule has 0 heterocycles. The average molecular weight is 404 g/mol. The van der Waals surface area contributed by atoms with Crippen molar-refractivity contribution in [2.45, 2.75) is 33.6 Å². The van der Waals surface area contributed by atoms with Gasteiger partial charge in [-0.2, -0.15) is 0 Å². The summed E-state index contributed by atoms with van der Waals surface area (Å²) < 4.78 is 0. The number of benzene rings is 2. The summed E-state index contributed by atoms with van der Waals surface area (Å²) in [6, 6.07) is 10.6. The van der Waals surface area contributed by atoms with E-state index in [9.17, 15) is 9.59 Å². The highest BCUT2D eigenvalue weighted by molar-refractivity contribution is 7.80. The maximum absolute atomic E-state index is 12.4. The number of hydrogen-bond donors (Lipinski definition) is 3. The Balaban J connectivity index is 2.06. The fourth-order valence-corrected chi connectivity index (χ4v) is 2.95. The minimum atomic E-state index is -0.303. The van der Waals surface area contributed by atoms with Gasteiger partial charge in [-0.15, -0.1) is 0 Å². The summed E-state index contributed by atoms with van der Waals surface area (Å²) in [6.07, 6.45) is 1.20. The van der Waals surface area contributed by atoms with Crippen LogP contribution in [0.15, 0.2) is 36.4 Å². The third kappa shape index (κ3) is 6.34. The van der Waals surface area contributed by atoms with Crippen LogP contribution in [0, 0.1) is 13.8 Å². The molecule has 0 saturated heterocycles. The SMILES string of the molecule is CCCC(=O)Nc1ccc(Cl)c(NC(=S)NC(=O)c2cc(C)cc(C)c2)c1. The second-order valence-electron chi connectivity index (χ2n) is 6.28. The molecule has 2 aromatic carbocycles. The molecule has 0 aliphatic carbocycles. The molecule has 7 heteroatoms. The molecule has 3 N–H and O–H groups in total. The van der Waals surface area contributed by atoms with E-state index in [1.807, 2.05) is 26.8 Å². The first-order chi connectivity index (χ1) is 12.8. The Morgan fingerprint density at radius 2 is 1.70 bits per heavy atom. The molecule has 5 nitrogen and oxygen atoms in total. The summed E-state index contributed by atoms with van der Waals surface area (Å²) in [7, 11) is 0. The lowest BCUT2D eigenvalue weighted by molar-refractivity contribution is -0.116. The Morgan fingerprint density at radius 3 is 2.33 bits per heavy atom. The number of anilines is 2. The van der Waals surface area contributed by atoms with Crippen molar-refractivity contribution >= 4 is 52.1 Å². The van der Waals surface area contributed by atoms with Gasteiger partial charge in [-0.05, 0) is 62.8 Å². The van der Waals surface area contributed by atoms with E-state index in [1.165, 1.54) is 0 Å². The van der Waals surface area contributed by atoms with E-state index in [4.69, 9.17) is 23.8 Å². The van der Waals surface area contributed by atoms with Crippen LogP contribution in [0.3, 0.4) is 0 Å². The van der Waals surface area contributed by atoms with Gasteiger partial charge in [-0.25, -0.2) is 0 Å². The third-order valence-electron chi connectivity index (χ3n) is 3.69. The van der Waals surface area contributed by atoms with E-state index in [0.29, 0.717) is 28.4 Å². The Labute approximate surface area is 169 Å². The first-order valence-corrected chi connectivity index (χ1v) is 9.37. The molecule has 0 atom stereocenters. The highest BCUT2D eigenvalue weighted by Crippen LogP contribution is 2.25. The smallest absolute Gasteiger partial charge is 0.257 e. The summed E-state index contributed by atoms with van der Waals surface area (Å²) in [4.78, 5) is 24.1. The number of halogens is 1. The number of rotatable bonds is 5. The van der Waals surface area contributed by atoms with Crippen molar-refractivity contribution in [3.05, 3.63) is 58.1 Å². The summed E-state index contributed by atoms with van der Waals surface area (Å²) in [6.45, 7) is 5.79. The van der Waals surface area contributed by atoms with Gasteiger partial charge in [-0.3, -0.25) is 14.9 Å². The van der Waals surface area contributed by atoms with Crippen LogP contribution in [-0.2, 0) is 4.79 Å². The van der Waals surface area contributed by atoms with Crippen LogP contribution in [-0.4, -0.2) is 16.9 Å². The second kappa shape index (κ2) is 9.48. The van der Waals surface area contributed by atoms with E-state index in [2.05, 4.69) is 16.0 Å². The Bertz CT molecular complexity index is 863. The molecule has 2 amide bonds. The summed E-state index contributed by atoms with van der Waals surface area (Å²) in [5.41, 5.74) is 3.62. The van der Waals surface area contributed by atoms with Crippen LogP contribution in [0.1, 0.15) is 41.3 Å². The van der Waals surface area contributed by atoms with Gasteiger partial charge in [0.25, 0.3) is 5.91 Å². The Kier molecular flexibility index (Phi) is 7.33. The normalized spacial score (nSPS) is 10.2. The lowest BCUT2D eigenvalue weighted by Crippen LogP contribution is -2.34. The van der Waals surface area contributed by atoms with Gasteiger partial charge in [0.1, 0.15) is 0 Å². The third-order valence-corrected chi connectivity index (χ3v) is 4.22. The lowest BCUT2D eigenvalue weighted by atomic mass is 10.1. The van der Waals surface area contributed by atoms with E-state index in [-0.39, 0.29) is 16.9 Å². The lowest BCUT2D eigenvalue weighted by Gasteiger charge is -2.13. The molecule has 0 aromatic heterocycles. The molecular weight excluding hydrogens is 382 g/mol. The largest absolute Gasteiger partial charge is 0.331 e. The summed E-state index contributed by atoms with van der Waals surface area (Å²) in [5, 5.41) is 8.88. The molecule has 0 saturated carbocycles. The first kappa shape index (κ1) is 20.9. The van der Waals surface area contributed by atoms with Crippen molar-refractivity contribution in [3.8, 4) is 0 Å². The zero-order valence-electron chi connectivity index (χ0n) is 15.5. The minimum Gasteiger partial charge on any atom is -0.331 e. The van der Waals surface area contributed by atoms with E-state index < -0.39 is 0 Å². The van der Waals surface area contributed by atoms with Crippen LogP contribution in [0.25, 0.3) is 0 Å². The number of carbonyl (C=O) groups excluding carboxylic acids is 2. The monoisotopic (exact) mass is 403 g/mol. The van der Waals surface area contributed by atoms with Gasteiger partial charge >= 0.3 is 0 Å². The maximum atomic E-state index is 12.4. The van der Waals surface area contributed by atoms with Crippen molar-refractivity contribution in [3.63, 3.8) is 0 Å². The molecular formula is C20H22ClN3O2S. The van der Waals surface area contributed by atoms with Crippen molar-refractivity contribution in [1.82, 2.24) is 5.32 Å².